The van der Waals surface area contributed by atoms with E-state index in [9.17, 15) is 0 Å². The van der Waals surface area contributed by atoms with Gasteiger partial charge >= 0.3 is 0 Å². The van der Waals surface area contributed by atoms with Crippen LogP contribution in [0.1, 0.15) is 25.3 Å². The summed E-state index contributed by atoms with van der Waals surface area (Å²) in [6.45, 7) is 4.34. The second kappa shape index (κ2) is 3.10. The summed E-state index contributed by atoms with van der Waals surface area (Å²) in [5, 5.41) is 4.14. The molecule has 0 aliphatic carbocycles. The summed E-state index contributed by atoms with van der Waals surface area (Å²) in [5.41, 5.74) is 1.30. The minimum atomic E-state index is 0.584. The van der Waals surface area contributed by atoms with E-state index < -0.39 is 0 Å². The van der Waals surface area contributed by atoms with Crippen LogP contribution in [0.3, 0.4) is 0 Å². The SMILES string of the molecule is CSn1cc(C(C)C)cn1. The third kappa shape index (κ3) is 1.53. The van der Waals surface area contributed by atoms with Crippen LogP contribution in [0.2, 0.25) is 0 Å². The van der Waals surface area contributed by atoms with Crippen molar-refractivity contribution in [3.05, 3.63) is 18.0 Å². The number of nitrogens with zero attached hydrogens (tertiary/aromatic N) is 2. The van der Waals surface area contributed by atoms with Gasteiger partial charge in [-0.1, -0.05) is 13.8 Å². The standard InChI is InChI=1S/C7H12N2S/c1-6(2)7-4-8-9(5-7)10-3/h4-6H,1-3H3. The molecule has 1 rings (SSSR count). The van der Waals surface area contributed by atoms with Crippen molar-refractivity contribution < 1.29 is 0 Å². The first-order valence-corrected chi connectivity index (χ1v) is 4.51. The lowest BCUT2D eigenvalue weighted by Crippen LogP contribution is -1.83. The maximum Gasteiger partial charge on any atom is 0.0535 e. The maximum atomic E-state index is 4.14. The van der Waals surface area contributed by atoms with Crippen LogP contribution < -0.4 is 0 Å². The highest BCUT2D eigenvalue weighted by molar-refractivity contribution is 7.97. The molecular formula is C7H12N2S. The van der Waals surface area contributed by atoms with Gasteiger partial charge in [-0.3, -0.25) is 0 Å². The smallest absolute Gasteiger partial charge is 0.0535 e. The Balaban J connectivity index is 2.78. The van der Waals surface area contributed by atoms with Crippen LogP contribution in [-0.2, 0) is 0 Å². The summed E-state index contributed by atoms with van der Waals surface area (Å²) < 4.78 is 1.87. The fourth-order valence-electron chi connectivity index (χ4n) is 0.716. The minimum absolute atomic E-state index is 0.584. The van der Waals surface area contributed by atoms with Crippen LogP contribution in [0.4, 0.5) is 0 Å². The van der Waals surface area contributed by atoms with Gasteiger partial charge in [0, 0.05) is 12.5 Å². The zero-order valence-corrected chi connectivity index (χ0v) is 7.35. The Bertz CT molecular complexity index is 205. The van der Waals surface area contributed by atoms with Crippen molar-refractivity contribution in [1.82, 2.24) is 9.19 Å². The van der Waals surface area contributed by atoms with Gasteiger partial charge in [0.25, 0.3) is 0 Å². The molecule has 0 aliphatic rings. The Morgan fingerprint density at radius 1 is 1.60 bits per heavy atom. The third-order valence-corrected chi connectivity index (χ3v) is 2.01. The summed E-state index contributed by atoms with van der Waals surface area (Å²) in [7, 11) is 0. The van der Waals surface area contributed by atoms with E-state index in [4.69, 9.17) is 0 Å². The lowest BCUT2D eigenvalue weighted by Gasteiger charge is -1.96. The largest absolute Gasteiger partial charge is 0.214 e. The molecule has 0 amide bonds. The summed E-state index contributed by atoms with van der Waals surface area (Å²) in [6, 6.07) is 0. The molecule has 0 aromatic carbocycles. The molecule has 0 spiro atoms. The van der Waals surface area contributed by atoms with Crippen molar-refractivity contribution in [3.63, 3.8) is 0 Å². The summed E-state index contributed by atoms with van der Waals surface area (Å²) in [6.07, 6.45) is 5.99. The Morgan fingerprint density at radius 3 is 2.60 bits per heavy atom. The van der Waals surface area contributed by atoms with E-state index in [0.717, 1.165) is 0 Å². The van der Waals surface area contributed by atoms with Crippen LogP contribution in [0.25, 0.3) is 0 Å². The first-order valence-electron chi connectivity index (χ1n) is 3.33. The Labute approximate surface area is 65.8 Å². The minimum Gasteiger partial charge on any atom is -0.214 e. The number of aromatic nitrogens is 2. The van der Waals surface area contributed by atoms with Gasteiger partial charge in [0.1, 0.15) is 0 Å². The lowest BCUT2D eigenvalue weighted by atomic mass is 10.1. The van der Waals surface area contributed by atoms with Gasteiger partial charge in [0.2, 0.25) is 0 Å². The molecule has 56 valence electrons. The van der Waals surface area contributed by atoms with E-state index in [1.54, 1.807) is 11.9 Å². The Kier molecular flexibility index (Phi) is 2.38. The monoisotopic (exact) mass is 156 g/mol. The molecule has 0 radical (unpaired) electrons. The highest BCUT2D eigenvalue weighted by Gasteiger charge is 2.00. The van der Waals surface area contributed by atoms with Crippen LogP contribution in [0.5, 0.6) is 0 Å². The van der Waals surface area contributed by atoms with Crippen molar-refractivity contribution in [3.8, 4) is 0 Å². The molecule has 0 atom stereocenters. The molecule has 3 heteroatoms. The molecule has 0 saturated carbocycles. The average molecular weight is 156 g/mol. The van der Waals surface area contributed by atoms with Gasteiger partial charge < -0.3 is 0 Å². The van der Waals surface area contributed by atoms with Gasteiger partial charge in [-0.15, -0.1) is 0 Å². The fraction of sp³-hybridized carbons (Fsp3) is 0.571. The number of hydrogen-bond donors (Lipinski definition) is 0. The molecule has 0 saturated heterocycles. The van der Waals surface area contributed by atoms with E-state index in [1.165, 1.54) is 5.56 Å². The second-order valence-electron chi connectivity index (χ2n) is 2.51. The van der Waals surface area contributed by atoms with Crippen LogP contribution in [0.15, 0.2) is 12.4 Å². The third-order valence-electron chi connectivity index (χ3n) is 1.43. The molecule has 0 N–H and O–H groups in total. The summed E-state index contributed by atoms with van der Waals surface area (Å²) in [5.74, 6) is 0.584. The van der Waals surface area contributed by atoms with Gasteiger partial charge in [-0.2, -0.15) is 5.10 Å². The predicted molar refractivity (Wildman–Crippen MR) is 45.2 cm³/mol. The highest BCUT2D eigenvalue weighted by atomic mass is 32.2. The van der Waals surface area contributed by atoms with Crippen LogP contribution in [0, 0.1) is 0 Å². The molecule has 0 bridgehead atoms. The fourth-order valence-corrected chi connectivity index (χ4v) is 1.08. The van der Waals surface area contributed by atoms with Crippen LogP contribution in [-0.4, -0.2) is 15.4 Å². The molecule has 1 aromatic rings. The maximum absolute atomic E-state index is 4.14. The van der Waals surface area contributed by atoms with Crippen molar-refractivity contribution in [2.24, 2.45) is 0 Å². The Hall–Kier alpha value is -0.440. The van der Waals surface area contributed by atoms with E-state index >= 15 is 0 Å². The van der Waals surface area contributed by atoms with Gasteiger partial charge in [0.05, 0.1) is 6.20 Å². The van der Waals surface area contributed by atoms with E-state index in [0.29, 0.717) is 5.92 Å². The normalized spacial score (nSPS) is 10.8. The number of rotatable bonds is 2. The van der Waals surface area contributed by atoms with Crippen molar-refractivity contribution in [2.75, 3.05) is 6.26 Å². The van der Waals surface area contributed by atoms with Crippen LogP contribution >= 0.6 is 11.9 Å². The molecule has 0 aliphatic heterocycles. The number of hydrogen-bond acceptors (Lipinski definition) is 2. The topological polar surface area (TPSA) is 17.8 Å². The Morgan fingerprint density at radius 2 is 2.30 bits per heavy atom. The summed E-state index contributed by atoms with van der Waals surface area (Å²) in [4.78, 5) is 0. The average Bonchev–Trinajstić information content (AvgIpc) is 2.34. The van der Waals surface area contributed by atoms with Crippen molar-refractivity contribution in [2.45, 2.75) is 19.8 Å². The molecule has 2 nitrogen and oxygen atoms in total. The first kappa shape index (κ1) is 7.66. The molecule has 0 unspecified atom stereocenters. The molecule has 1 aromatic heterocycles. The van der Waals surface area contributed by atoms with E-state index in [2.05, 4.69) is 25.1 Å². The first-order chi connectivity index (χ1) is 4.74. The van der Waals surface area contributed by atoms with Crippen molar-refractivity contribution >= 4 is 11.9 Å². The second-order valence-corrected chi connectivity index (χ2v) is 3.25. The van der Waals surface area contributed by atoms with E-state index in [-0.39, 0.29) is 0 Å². The van der Waals surface area contributed by atoms with Gasteiger partial charge in [0.15, 0.2) is 0 Å². The lowest BCUT2D eigenvalue weighted by molar-refractivity contribution is 0.867. The summed E-state index contributed by atoms with van der Waals surface area (Å²) >= 11 is 1.61. The molecule has 1 heterocycles. The molecular weight excluding hydrogens is 144 g/mol. The quantitative estimate of drug-likeness (QED) is 0.653. The van der Waals surface area contributed by atoms with E-state index in [1.807, 2.05) is 16.5 Å². The molecule has 0 fully saturated rings. The zero-order valence-electron chi connectivity index (χ0n) is 6.53. The predicted octanol–water partition coefficient (Wildman–Crippen LogP) is 2.13. The highest BCUT2D eigenvalue weighted by Crippen LogP contribution is 2.13. The van der Waals surface area contributed by atoms with Crippen molar-refractivity contribution in [1.29, 1.82) is 0 Å². The van der Waals surface area contributed by atoms with Gasteiger partial charge in [-0.05, 0) is 23.4 Å². The van der Waals surface area contributed by atoms with Gasteiger partial charge in [-0.25, -0.2) is 4.09 Å². The molecule has 10 heavy (non-hydrogen) atoms. The zero-order chi connectivity index (χ0) is 7.56.